The molecular weight excluding hydrogens is 647 g/mol. The van der Waals surface area contributed by atoms with Gasteiger partial charge in [0.25, 0.3) is 0 Å². The van der Waals surface area contributed by atoms with E-state index >= 15 is 0 Å². The summed E-state index contributed by atoms with van der Waals surface area (Å²) in [6, 6.07) is 35.1. The minimum atomic E-state index is -0.126. The summed E-state index contributed by atoms with van der Waals surface area (Å²) in [7, 11) is 0. The lowest BCUT2D eigenvalue weighted by molar-refractivity contribution is 0.396. The van der Waals surface area contributed by atoms with Crippen LogP contribution in [0.5, 0.6) is 5.75 Å². The fraction of sp³-hybridized carbons (Fsp3) is 0.160. The lowest BCUT2D eigenvalue weighted by Crippen LogP contribution is -2.44. The molecule has 3 aliphatic carbocycles. The molecule has 1 N–H and O–H groups in total. The van der Waals surface area contributed by atoms with Crippen molar-refractivity contribution >= 4 is 39.5 Å². The van der Waals surface area contributed by atoms with Gasteiger partial charge < -0.3 is 9.15 Å². The zero-order chi connectivity index (χ0) is 35.5. The van der Waals surface area contributed by atoms with Gasteiger partial charge in [-0.25, -0.2) is 0 Å². The Morgan fingerprint density at radius 2 is 1.64 bits per heavy atom. The van der Waals surface area contributed by atoms with Gasteiger partial charge in [0.15, 0.2) is 0 Å². The Bertz CT molecular complexity index is 2790. The van der Waals surface area contributed by atoms with Crippen molar-refractivity contribution in [2.24, 2.45) is 0 Å². The van der Waals surface area contributed by atoms with E-state index in [0.29, 0.717) is 0 Å². The highest BCUT2D eigenvalue weighted by molar-refractivity contribution is 6.02. The Labute approximate surface area is 310 Å². The second-order valence-corrected chi connectivity index (χ2v) is 14.4. The van der Waals surface area contributed by atoms with Gasteiger partial charge in [0.1, 0.15) is 22.5 Å². The van der Waals surface area contributed by atoms with Gasteiger partial charge in [0, 0.05) is 28.3 Å². The van der Waals surface area contributed by atoms with Gasteiger partial charge in [0.2, 0.25) is 0 Å². The van der Waals surface area contributed by atoms with Crippen molar-refractivity contribution in [3.8, 4) is 39.8 Å². The van der Waals surface area contributed by atoms with Gasteiger partial charge in [-0.2, -0.15) is 0 Å². The van der Waals surface area contributed by atoms with Crippen LogP contribution in [0.15, 0.2) is 143 Å². The third-order valence-electron chi connectivity index (χ3n) is 11.5. The topological polar surface area (TPSA) is 34.4 Å². The van der Waals surface area contributed by atoms with E-state index < -0.39 is 0 Å². The molecule has 0 radical (unpaired) electrons. The van der Waals surface area contributed by atoms with Crippen LogP contribution in [0.3, 0.4) is 0 Å². The number of ether oxygens (including phenoxy) is 1. The van der Waals surface area contributed by atoms with Crippen LogP contribution in [0, 0.1) is 11.8 Å². The summed E-state index contributed by atoms with van der Waals surface area (Å²) in [6.45, 7) is 4.27. The number of aryl methyl sites for hydroxylation is 1. The lowest BCUT2D eigenvalue weighted by atomic mass is 9.82. The van der Waals surface area contributed by atoms with Crippen LogP contribution < -0.4 is 20.7 Å². The molecule has 6 aromatic rings. The first kappa shape index (κ1) is 31.6. The van der Waals surface area contributed by atoms with E-state index in [1.165, 1.54) is 60.9 Å². The molecule has 0 saturated heterocycles. The van der Waals surface area contributed by atoms with Crippen molar-refractivity contribution < 1.29 is 9.15 Å². The van der Waals surface area contributed by atoms with Gasteiger partial charge in [-0.15, -0.1) is 0 Å². The summed E-state index contributed by atoms with van der Waals surface area (Å²) in [5.41, 5.74) is 13.2. The Balaban J connectivity index is 1.00. The lowest BCUT2D eigenvalue weighted by Gasteiger charge is -2.31. The molecule has 3 nitrogen and oxygen atoms in total. The summed E-state index contributed by atoms with van der Waals surface area (Å²) >= 11 is 0. The number of benzene rings is 5. The van der Waals surface area contributed by atoms with Crippen molar-refractivity contribution in [2.45, 2.75) is 51.1 Å². The van der Waals surface area contributed by atoms with E-state index in [1.807, 2.05) is 25.1 Å². The van der Waals surface area contributed by atoms with Crippen LogP contribution in [0.1, 0.15) is 49.3 Å². The predicted octanol–water partition coefficient (Wildman–Crippen LogP) is 10.1. The largest absolute Gasteiger partial charge is 0.460 e. The highest BCUT2D eigenvalue weighted by Gasteiger charge is 2.40. The molecule has 0 amide bonds. The minimum Gasteiger partial charge on any atom is -0.460 e. The summed E-state index contributed by atoms with van der Waals surface area (Å²) < 4.78 is 12.8. The highest BCUT2D eigenvalue weighted by atomic mass is 16.5. The molecule has 10 rings (SSSR count). The van der Waals surface area contributed by atoms with Gasteiger partial charge in [-0.05, 0) is 113 Å². The van der Waals surface area contributed by atoms with Crippen molar-refractivity contribution in [3.63, 3.8) is 0 Å². The van der Waals surface area contributed by atoms with E-state index in [2.05, 4.69) is 145 Å². The first-order chi connectivity index (χ1) is 26.2. The maximum Gasteiger partial charge on any atom is 0.135 e. The van der Waals surface area contributed by atoms with Crippen molar-refractivity contribution in [1.29, 1.82) is 0 Å². The molecule has 256 valence electrons. The van der Waals surface area contributed by atoms with Crippen LogP contribution in [0.2, 0.25) is 0 Å². The third kappa shape index (κ3) is 5.25. The molecule has 53 heavy (non-hydrogen) atoms. The molecule has 3 heteroatoms. The molecule has 2 heterocycles. The Kier molecular flexibility index (Phi) is 7.67. The van der Waals surface area contributed by atoms with Gasteiger partial charge in [-0.1, -0.05) is 121 Å². The van der Waals surface area contributed by atoms with Gasteiger partial charge >= 0.3 is 0 Å². The van der Waals surface area contributed by atoms with Crippen molar-refractivity contribution in [3.05, 3.63) is 166 Å². The number of nitrogens with one attached hydrogen (secondary N) is 1. The Morgan fingerprint density at radius 3 is 2.49 bits per heavy atom. The SMILES string of the molecule is C/C=c1/oc2ccccc2/c1=C(/C)C1=CC=CCC1NC1C#CC=C2Oc3cccc(-c4ccc(-c5cc6c(c7ccccc57)C=CCC6)cc4)c3C21. The zero-order valence-corrected chi connectivity index (χ0v) is 29.9. The molecule has 0 fully saturated rings. The smallest absolute Gasteiger partial charge is 0.135 e. The molecular formula is C50H39NO2. The average Bonchev–Trinajstić information content (AvgIpc) is 3.80. The number of fused-ring (bicyclic) bond motifs is 7. The van der Waals surface area contributed by atoms with Gasteiger partial charge in [0.05, 0.1) is 12.0 Å². The van der Waals surface area contributed by atoms with Crippen LogP contribution in [-0.2, 0) is 6.42 Å². The molecule has 1 aliphatic heterocycles. The number of rotatable bonds is 5. The quantitative estimate of drug-likeness (QED) is 0.184. The monoisotopic (exact) mass is 685 g/mol. The van der Waals surface area contributed by atoms with Crippen LogP contribution in [0.25, 0.3) is 61.7 Å². The number of hydrogen-bond acceptors (Lipinski definition) is 3. The second kappa shape index (κ2) is 12.8. The summed E-state index contributed by atoms with van der Waals surface area (Å²) in [6.07, 6.45) is 18.3. The van der Waals surface area contributed by atoms with Gasteiger partial charge in [-0.3, -0.25) is 5.32 Å². The zero-order valence-electron chi connectivity index (χ0n) is 29.9. The molecule has 0 saturated carbocycles. The van der Waals surface area contributed by atoms with Crippen molar-refractivity contribution in [2.75, 3.05) is 0 Å². The Morgan fingerprint density at radius 1 is 0.849 bits per heavy atom. The first-order valence-electron chi connectivity index (χ1n) is 18.8. The van der Waals surface area contributed by atoms with E-state index in [-0.39, 0.29) is 18.0 Å². The standard InChI is InChI=1S/C50H39NO2/c1-3-44-48(40-19-9-11-23-45(40)52-44)31(2)35-15-8-10-21-42(35)51-43-22-13-25-47-50(43)49-37(20-12-24-46(49)53-47)32-26-28-33(29-27-32)41-30-34-14-4-5-16-36(34)38-17-6-7-18-39(38)41/h3,5-12,15-20,23-30,42-43,50-51H,4,14,21H2,1-2H3/b44-3+,48-31+. The number of hydrogen-bond donors (Lipinski definition) is 1. The maximum absolute atomic E-state index is 6.56. The van der Waals surface area contributed by atoms with Crippen LogP contribution in [-0.4, -0.2) is 12.1 Å². The molecule has 3 atom stereocenters. The fourth-order valence-corrected chi connectivity index (χ4v) is 8.97. The van der Waals surface area contributed by atoms with Crippen LogP contribution in [0.4, 0.5) is 0 Å². The van der Waals surface area contributed by atoms with Crippen LogP contribution >= 0.6 is 0 Å². The minimum absolute atomic E-state index is 0.0264. The number of para-hydroxylation sites is 1. The molecule has 4 aliphatic rings. The Hall–Kier alpha value is -6.08. The molecule has 5 aromatic carbocycles. The van der Waals surface area contributed by atoms with E-state index in [0.717, 1.165) is 52.4 Å². The predicted molar refractivity (Wildman–Crippen MR) is 219 cm³/mol. The summed E-state index contributed by atoms with van der Waals surface area (Å²) in [5.74, 6) is 8.66. The highest BCUT2D eigenvalue weighted by Crippen LogP contribution is 2.49. The van der Waals surface area contributed by atoms with E-state index in [9.17, 15) is 0 Å². The number of allylic oxidation sites excluding steroid dienone is 4. The summed E-state index contributed by atoms with van der Waals surface area (Å²) in [4.78, 5) is 0. The third-order valence-corrected chi connectivity index (χ3v) is 11.5. The normalized spacial score (nSPS) is 20.6. The number of furan rings is 1. The molecule has 0 bridgehead atoms. The first-order valence-corrected chi connectivity index (χ1v) is 18.8. The van der Waals surface area contributed by atoms with E-state index in [1.54, 1.807) is 0 Å². The van der Waals surface area contributed by atoms with E-state index in [4.69, 9.17) is 9.15 Å². The molecule has 1 aromatic heterocycles. The average molecular weight is 686 g/mol. The maximum atomic E-state index is 6.56. The fourth-order valence-electron chi connectivity index (χ4n) is 8.97. The van der Waals surface area contributed by atoms with Crippen molar-refractivity contribution in [1.82, 2.24) is 5.32 Å². The second-order valence-electron chi connectivity index (χ2n) is 14.4. The summed E-state index contributed by atoms with van der Waals surface area (Å²) in [5, 5.41) is 8.95. The molecule has 0 spiro atoms. The molecule has 3 unspecified atom stereocenters.